The molecule has 0 aliphatic carbocycles. The van der Waals surface area contributed by atoms with Crippen LogP contribution in [0.1, 0.15) is 18.5 Å². The second kappa shape index (κ2) is 6.79. The molecule has 0 spiro atoms. The van der Waals surface area contributed by atoms with Crippen LogP contribution >= 0.6 is 0 Å². The molecule has 0 saturated carbocycles. The number of nitrogens with zero attached hydrogens (tertiary/aromatic N) is 1. The van der Waals surface area contributed by atoms with E-state index in [1.54, 1.807) is 0 Å². The number of sulfonamides is 2. The van der Waals surface area contributed by atoms with Crippen LogP contribution in [-0.4, -0.2) is 28.2 Å². The summed E-state index contributed by atoms with van der Waals surface area (Å²) in [5, 5.41) is 5.01. The first-order valence-corrected chi connectivity index (χ1v) is 9.99. The fraction of sp³-hybridized carbons (Fsp3) is 0.200. The Kier molecular flexibility index (Phi) is 5.28. The van der Waals surface area contributed by atoms with Crippen molar-refractivity contribution in [3.8, 4) is 0 Å². The molecule has 0 aliphatic heterocycles. The number of rotatable bonds is 5. The Labute approximate surface area is 145 Å². The molecular formula is C15H16F2N2O4S2. The van der Waals surface area contributed by atoms with Gasteiger partial charge in [-0.15, -0.1) is 0 Å². The minimum atomic E-state index is -4.09. The average molecular weight is 390 g/mol. The van der Waals surface area contributed by atoms with Crippen molar-refractivity contribution in [3.05, 3.63) is 59.7 Å². The minimum absolute atomic E-state index is 0.243. The zero-order chi connectivity index (χ0) is 19.0. The summed E-state index contributed by atoms with van der Waals surface area (Å²) < 4.78 is 75.6. The monoisotopic (exact) mass is 390 g/mol. The maximum atomic E-state index is 13.4. The SMILES string of the molecule is CC(c1ccc(F)c(F)c1)N(C)S(=O)(=O)c1cccc(S(N)(=O)=O)c1. The molecular weight excluding hydrogens is 374 g/mol. The summed E-state index contributed by atoms with van der Waals surface area (Å²) in [6.45, 7) is 1.49. The van der Waals surface area contributed by atoms with Crippen molar-refractivity contribution in [2.24, 2.45) is 5.14 Å². The Morgan fingerprint density at radius 2 is 1.56 bits per heavy atom. The van der Waals surface area contributed by atoms with Gasteiger partial charge in [-0.3, -0.25) is 0 Å². The van der Waals surface area contributed by atoms with Crippen molar-refractivity contribution in [2.75, 3.05) is 7.05 Å². The third-order valence-corrected chi connectivity index (χ3v) is 6.62. The summed E-state index contributed by atoms with van der Waals surface area (Å²) in [7, 11) is -6.91. The van der Waals surface area contributed by atoms with Gasteiger partial charge < -0.3 is 0 Å². The minimum Gasteiger partial charge on any atom is -0.225 e. The standard InChI is InChI=1S/C15H16F2N2O4S2/c1-10(11-6-7-14(16)15(17)8-11)19(2)25(22,23)13-5-3-4-12(9-13)24(18,20)21/h3-10H,1-2H3,(H2,18,20,21). The second-order valence-electron chi connectivity index (χ2n) is 5.39. The molecule has 2 aromatic rings. The highest BCUT2D eigenvalue weighted by Gasteiger charge is 2.27. The lowest BCUT2D eigenvalue weighted by molar-refractivity contribution is 0.395. The molecule has 2 rings (SSSR count). The van der Waals surface area contributed by atoms with Crippen molar-refractivity contribution in [2.45, 2.75) is 22.8 Å². The third kappa shape index (κ3) is 4.03. The highest BCUT2D eigenvalue weighted by Crippen LogP contribution is 2.27. The van der Waals surface area contributed by atoms with E-state index in [1.807, 2.05) is 0 Å². The van der Waals surface area contributed by atoms with Gasteiger partial charge in [-0.05, 0) is 42.8 Å². The smallest absolute Gasteiger partial charge is 0.225 e. The van der Waals surface area contributed by atoms with Crippen LogP contribution in [-0.2, 0) is 20.0 Å². The topological polar surface area (TPSA) is 97.5 Å². The van der Waals surface area contributed by atoms with Gasteiger partial charge in [0.25, 0.3) is 0 Å². The zero-order valence-electron chi connectivity index (χ0n) is 13.3. The Morgan fingerprint density at radius 1 is 0.960 bits per heavy atom. The quantitative estimate of drug-likeness (QED) is 0.844. The predicted octanol–water partition coefficient (Wildman–Crippen LogP) is 1.99. The van der Waals surface area contributed by atoms with Crippen LogP contribution in [0.25, 0.3) is 0 Å². The molecule has 0 fully saturated rings. The average Bonchev–Trinajstić information content (AvgIpc) is 2.55. The van der Waals surface area contributed by atoms with E-state index in [9.17, 15) is 25.6 Å². The lowest BCUT2D eigenvalue weighted by Crippen LogP contribution is -2.30. The summed E-state index contributed by atoms with van der Waals surface area (Å²) in [6, 6.07) is 6.86. The first kappa shape index (κ1) is 19.4. The first-order valence-electron chi connectivity index (χ1n) is 7.00. The second-order valence-corrected chi connectivity index (χ2v) is 8.95. The molecule has 2 N–H and O–H groups in total. The normalized spacial score (nSPS) is 13.8. The first-order chi connectivity index (χ1) is 11.4. The number of hydrogen-bond donors (Lipinski definition) is 1. The van der Waals surface area contributed by atoms with Gasteiger partial charge in [0.1, 0.15) is 0 Å². The maximum absolute atomic E-state index is 13.4. The summed E-state index contributed by atoms with van der Waals surface area (Å²) in [6.07, 6.45) is 0. The summed E-state index contributed by atoms with van der Waals surface area (Å²) in [5.41, 5.74) is 0.243. The molecule has 136 valence electrons. The van der Waals surface area contributed by atoms with E-state index in [-0.39, 0.29) is 15.4 Å². The van der Waals surface area contributed by atoms with Gasteiger partial charge in [0.15, 0.2) is 11.6 Å². The van der Waals surface area contributed by atoms with Crippen LogP contribution < -0.4 is 5.14 Å². The Bertz CT molecular complexity index is 1010. The van der Waals surface area contributed by atoms with Gasteiger partial charge >= 0.3 is 0 Å². The van der Waals surface area contributed by atoms with E-state index < -0.39 is 37.7 Å². The molecule has 0 radical (unpaired) electrons. The molecule has 2 aromatic carbocycles. The van der Waals surface area contributed by atoms with E-state index in [0.29, 0.717) is 0 Å². The summed E-state index contributed by atoms with van der Waals surface area (Å²) >= 11 is 0. The molecule has 0 amide bonds. The zero-order valence-corrected chi connectivity index (χ0v) is 15.0. The molecule has 25 heavy (non-hydrogen) atoms. The van der Waals surface area contributed by atoms with Crippen molar-refractivity contribution < 1.29 is 25.6 Å². The number of halogens is 2. The maximum Gasteiger partial charge on any atom is 0.243 e. The lowest BCUT2D eigenvalue weighted by atomic mass is 10.1. The molecule has 1 atom stereocenters. The Morgan fingerprint density at radius 3 is 2.12 bits per heavy atom. The van der Waals surface area contributed by atoms with Crippen molar-refractivity contribution in [1.82, 2.24) is 4.31 Å². The van der Waals surface area contributed by atoms with Gasteiger partial charge in [-0.2, -0.15) is 4.31 Å². The van der Waals surface area contributed by atoms with Gasteiger partial charge in [-0.1, -0.05) is 12.1 Å². The predicted molar refractivity (Wildman–Crippen MR) is 87.5 cm³/mol. The van der Waals surface area contributed by atoms with Crippen LogP contribution in [0, 0.1) is 11.6 Å². The molecule has 0 aromatic heterocycles. The van der Waals surface area contributed by atoms with E-state index in [1.165, 1.54) is 38.2 Å². The highest BCUT2D eigenvalue weighted by atomic mass is 32.2. The Hall–Kier alpha value is -1.88. The van der Waals surface area contributed by atoms with Crippen molar-refractivity contribution in [1.29, 1.82) is 0 Å². The number of hydrogen-bond acceptors (Lipinski definition) is 4. The van der Waals surface area contributed by atoms with E-state index in [2.05, 4.69) is 0 Å². The van der Waals surface area contributed by atoms with Crippen molar-refractivity contribution in [3.63, 3.8) is 0 Å². The summed E-state index contributed by atoms with van der Waals surface area (Å²) in [4.78, 5) is -0.626. The van der Waals surface area contributed by atoms with Gasteiger partial charge in [0, 0.05) is 13.1 Å². The van der Waals surface area contributed by atoms with Crippen LogP contribution in [0.3, 0.4) is 0 Å². The molecule has 10 heteroatoms. The van der Waals surface area contributed by atoms with E-state index in [4.69, 9.17) is 5.14 Å². The van der Waals surface area contributed by atoms with E-state index in [0.717, 1.165) is 22.5 Å². The Balaban J connectivity index is 2.43. The molecule has 0 heterocycles. The number of benzene rings is 2. The highest BCUT2D eigenvalue weighted by molar-refractivity contribution is 7.90. The summed E-state index contributed by atoms with van der Waals surface area (Å²) in [5.74, 6) is -2.13. The molecule has 1 unspecified atom stereocenters. The van der Waals surface area contributed by atoms with E-state index >= 15 is 0 Å². The fourth-order valence-corrected chi connectivity index (χ4v) is 4.20. The largest absolute Gasteiger partial charge is 0.243 e. The van der Waals surface area contributed by atoms with Gasteiger partial charge in [0.05, 0.1) is 9.79 Å². The van der Waals surface area contributed by atoms with Crippen LogP contribution in [0.15, 0.2) is 52.3 Å². The van der Waals surface area contributed by atoms with Crippen LogP contribution in [0.2, 0.25) is 0 Å². The molecule has 0 aliphatic rings. The molecule has 0 saturated heterocycles. The third-order valence-electron chi connectivity index (χ3n) is 3.78. The van der Waals surface area contributed by atoms with Crippen LogP contribution in [0.5, 0.6) is 0 Å². The van der Waals surface area contributed by atoms with Gasteiger partial charge in [0.2, 0.25) is 20.0 Å². The van der Waals surface area contributed by atoms with Crippen molar-refractivity contribution >= 4 is 20.0 Å². The van der Waals surface area contributed by atoms with Gasteiger partial charge in [-0.25, -0.2) is 30.8 Å². The number of nitrogens with two attached hydrogens (primary N) is 1. The van der Waals surface area contributed by atoms with Crippen LogP contribution in [0.4, 0.5) is 8.78 Å². The molecule has 6 nitrogen and oxygen atoms in total. The fourth-order valence-electron chi connectivity index (χ4n) is 2.17. The number of primary sulfonamides is 1. The molecule has 0 bridgehead atoms. The lowest BCUT2D eigenvalue weighted by Gasteiger charge is -2.25.